The summed E-state index contributed by atoms with van der Waals surface area (Å²) in [4.78, 5) is 8.78. The van der Waals surface area contributed by atoms with Gasteiger partial charge in [-0.25, -0.2) is 4.98 Å². The van der Waals surface area contributed by atoms with Crippen molar-refractivity contribution in [2.75, 3.05) is 12.8 Å². The van der Waals surface area contributed by atoms with Crippen LogP contribution in [-0.2, 0) is 6.54 Å². The van der Waals surface area contributed by atoms with E-state index in [4.69, 9.17) is 15.0 Å². The van der Waals surface area contributed by atoms with Crippen LogP contribution in [0, 0.1) is 13.8 Å². The van der Waals surface area contributed by atoms with Crippen LogP contribution in [0.2, 0.25) is 0 Å². The summed E-state index contributed by atoms with van der Waals surface area (Å²) in [5.41, 5.74) is 9.87. The Bertz CT molecular complexity index is 925. The van der Waals surface area contributed by atoms with E-state index in [1.807, 2.05) is 26.8 Å². The molecule has 3 rings (SSSR count). The molecule has 0 aromatic carbocycles. The highest BCUT2D eigenvalue weighted by atomic mass is 16.5. The molecule has 0 aliphatic rings. The first-order valence-corrected chi connectivity index (χ1v) is 7.89. The van der Waals surface area contributed by atoms with Gasteiger partial charge in [0.1, 0.15) is 0 Å². The quantitative estimate of drug-likeness (QED) is 0.761. The van der Waals surface area contributed by atoms with Crippen molar-refractivity contribution in [3.8, 4) is 17.3 Å². The molecule has 25 heavy (non-hydrogen) atoms. The number of hydrogen-bond acceptors (Lipinski definition) is 7. The van der Waals surface area contributed by atoms with Gasteiger partial charge in [0.05, 0.1) is 30.3 Å². The van der Waals surface area contributed by atoms with E-state index in [0.717, 1.165) is 29.1 Å². The first kappa shape index (κ1) is 16.7. The minimum Gasteiger partial charge on any atom is -0.480 e. The van der Waals surface area contributed by atoms with Gasteiger partial charge in [0.2, 0.25) is 11.7 Å². The van der Waals surface area contributed by atoms with Crippen LogP contribution in [0.15, 0.2) is 16.8 Å². The molecule has 0 saturated heterocycles. The average molecular weight is 340 g/mol. The zero-order valence-electron chi connectivity index (χ0n) is 14.6. The molecule has 3 aromatic heterocycles. The topological polar surface area (TPSA) is 105 Å². The number of nitrogens with zero attached hydrogens (tertiary/aromatic N) is 5. The first-order valence-electron chi connectivity index (χ1n) is 7.89. The molecule has 0 atom stereocenters. The highest BCUT2D eigenvalue weighted by molar-refractivity contribution is 5.72. The lowest BCUT2D eigenvalue weighted by molar-refractivity contribution is 0.395. The van der Waals surface area contributed by atoms with E-state index >= 15 is 0 Å². The van der Waals surface area contributed by atoms with Crippen molar-refractivity contribution in [1.29, 1.82) is 0 Å². The average Bonchev–Trinajstić information content (AvgIpc) is 3.18. The summed E-state index contributed by atoms with van der Waals surface area (Å²) in [7, 11) is 1.57. The molecule has 3 aromatic rings. The number of nitrogens with two attached hydrogens (primary N) is 1. The smallest absolute Gasteiger partial charge is 0.251 e. The Morgan fingerprint density at radius 3 is 2.80 bits per heavy atom. The van der Waals surface area contributed by atoms with Gasteiger partial charge >= 0.3 is 0 Å². The zero-order chi connectivity index (χ0) is 18.0. The van der Waals surface area contributed by atoms with Gasteiger partial charge in [-0.1, -0.05) is 5.16 Å². The van der Waals surface area contributed by atoms with Gasteiger partial charge in [-0.3, -0.25) is 4.68 Å². The fourth-order valence-electron chi connectivity index (χ4n) is 2.62. The van der Waals surface area contributed by atoms with E-state index in [2.05, 4.69) is 20.2 Å². The van der Waals surface area contributed by atoms with Crippen LogP contribution >= 0.6 is 0 Å². The lowest BCUT2D eigenvalue weighted by Crippen LogP contribution is -1.99. The van der Waals surface area contributed by atoms with Gasteiger partial charge in [-0.05, 0) is 38.5 Å². The minimum atomic E-state index is 0.361. The van der Waals surface area contributed by atoms with E-state index < -0.39 is 0 Å². The molecule has 0 aliphatic carbocycles. The molecule has 130 valence electrons. The summed E-state index contributed by atoms with van der Waals surface area (Å²) in [6.07, 6.45) is 5.13. The van der Waals surface area contributed by atoms with Crippen LogP contribution in [-0.4, -0.2) is 32.0 Å². The maximum Gasteiger partial charge on any atom is 0.251 e. The molecule has 0 saturated carbocycles. The molecule has 3 heterocycles. The summed E-state index contributed by atoms with van der Waals surface area (Å²) in [6, 6.07) is 1.95. The fraction of sp³-hybridized carbons (Fsp3) is 0.294. The third-order valence-electron chi connectivity index (χ3n) is 3.76. The molecule has 0 unspecified atom stereocenters. The summed E-state index contributed by atoms with van der Waals surface area (Å²) in [5.74, 6) is 1.26. The van der Waals surface area contributed by atoms with E-state index in [9.17, 15) is 0 Å². The Balaban J connectivity index is 1.94. The predicted octanol–water partition coefficient (Wildman–Crippen LogP) is 2.73. The molecule has 0 fully saturated rings. The van der Waals surface area contributed by atoms with Crippen molar-refractivity contribution in [2.45, 2.75) is 27.3 Å². The molecule has 2 N–H and O–H groups in total. The third kappa shape index (κ3) is 3.23. The van der Waals surface area contributed by atoms with Gasteiger partial charge in [0.25, 0.3) is 5.89 Å². The molecule has 8 heteroatoms. The number of aryl methyl sites for hydroxylation is 3. The zero-order valence-corrected chi connectivity index (χ0v) is 14.6. The Labute approximate surface area is 145 Å². The van der Waals surface area contributed by atoms with Crippen molar-refractivity contribution < 1.29 is 9.26 Å². The molecule has 0 aliphatic heterocycles. The number of methoxy groups -OCH3 is 1. The second-order valence-electron chi connectivity index (χ2n) is 5.56. The van der Waals surface area contributed by atoms with Crippen LogP contribution in [0.5, 0.6) is 5.88 Å². The second-order valence-corrected chi connectivity index (χ2v) is 5.56. The standard InChI is InChI=1S/C17H20N6O2/c1-5-23-13(12(18)9-19-23)6-7-14-21-16(22-25-14)15-10(2)8-11(3)20-17(15)24-4/h6-9H,5,18H2,1-4H3/b7-6+. The van der Waals surface area contributed by atoms with Gasteiger partial charge in [0.15, 0.2) is 0 Å². The maximum absolute atomic E-state index is 5.92. The lowest BCUT2D eigenvalue weighted by atomic mass is 10.1. The molecule has 0 bridgehead atoms. The van der Waals surface area contributed by atoms with Crippen LogP contribution in [0.1, 0.15) is 29.8 Å². The number of nitrogen functional groups attached to an aromatic ring is 1. The molecule has 0 radical (unpaired) electrons. The maximum atomic E-state index is 5.92. The van der Waals surface area contributed by atoms with Gasteiger partial charge in [-0.15, -0.1) is 0 Å². The Morgan fingerprint density at radius 1 is 1.28 bits per heavy atom. The fourth-order valence-corrected chi connectivity index (χ4v) is 2.62. The number of ether oxygens (including phenoxy) is 1. The third-order valence-corrected chi connectivity index (χ3v) is 3.76. The van der Waals surface area contributed by atoms with Crippen molar-refractivity contribution in [1.82, 2.24) is 24.9 Å². The summed E-state index contributed by atoms with van der Waals surface area (Å²) in [6.45, 7) is 6.58. The normalized spacial score (nSPS) is 11.4. The highest BCUT2D eigenvalue weighted by Gasteiger charge is 2.17. The Morgan fingerprint density at radius 2 is 2.08 bits per heavy atom. The lowest BCUT2D eigenvalue weighted by Gasteiger charge is -2.08. The summed E-state index contributed by atoms with van der Waals surface area (Å²) >= 11 is 0. The van der Waals surface area contributed by atoms with Crippen LogP contribution < -0.4 is 10.5 Å². The molecular formula is C17H20N6O2. The predicted molar refractivity (Wildman–Crippen MR) is 94.8 cm³/mol. The van der Waals surface area contributed by atoms with Crippen molar-refractivity contribution in [2.24, 2.45) is 0 Å². The van der Waals surface area contributed by atoms with Crippen LogP contribution in [0.25, 0.3) is 23.5 Å². The van der Waals surface area contributed by atoms with Crippen LogP contribution in [0.4, 0.5) is 5.69 Å². The van der Waals surface area contributed by atoms with E-state index in [1.165, 1.54) is 0 Å². The van der Waals surface area contributed by atoms with Crippen molar-refractivity contribution in [3.05, 3.63) is 35.1 Å². The monoisotopic (exact) mass is 340 g/mol. The number of pyridine rings is 1. The summed E-state index contributed by atoms with van der Waals surface area (Å²) < 4.78 is 12.5. The number of hydrogen-bond donors (Lipinski definition) is 1. The molecular weight excluding hydrogens is 320 g/mol. The van der Waals surface area contributed by atoms with E-state index in [1.54, 1.807) is 30.1 Å². The molecule has 0 spiro atoms. The molecule has 8 nitrogen and oxygen atoms in total. The minimum absolute atomic E-state index is 0.361. The second kappa shape index (κ2) is 6.76. The number of anilines is 1. The Hall–Kier alpha value is -3.16. The number of rotatable bonds is 5. The van der Waals surface area contributed by atoms with E-state index in [-0.39, 0.29) is 0 Å². The largest absolute Gasteiger partial charge is 0.480 e. The summed E-state index contributed by atoms with van der Waals surface area (Å²) in [5, 5.41) is 8.23. The Kier molecular flexibility index (Phi) is 4.51. The molecule has 0 amide bonds. The van der Waals surface area contributed by atoms with Crippen LogP contribution in [0.3, 0.4) is 0 Å². The van der Waals surface area contributed by atoms with Gasteiger partial charge < -0.3 is 15.0 Å². The van der Waals surface area contributed by atoms with Gasteiger partial charge in [-0.2, -0.15) is 10.1 Å². The first-order chi connectivity index (χ1) is 12.0. The number of aromatic nitrogens is 5. The van der Waals surface area contributed by atoms with Gasteiger partial charge in [0, 0.05) is 18.3 Å². The SMILES string of the molecule is CCn1ncc(N)c1/C=C/c1nc(-c2c(C)cc(C)nc2OC)no1. The highest BCUT2D eigenvalue weighted by Crippen LogP contribution is 2.30. The van der Waals surface area contributed by atoms with Crippen molar-refractivity contribution >= 4 is 17.8 Å². The van der Waals surface area contributed by atoms with Crippen molar-refractivity contribution in [3.63, 3.8) is 0 Å². The van der Waals surface area contributed by atoms with E-state index in [0.29, 0.717) is 23.3 Å².